The number of benzene rings is 1. The summed E-state index contributed by atoms with van der Waals surface area (Å²) in [6.45, 7) is 6.28. The molecule has 0 spiro atoms. The van der Waals surface area contributed by atoms with Crippen LogP contribution in [0.1, 0.15) is 19.4 Å². The van der Waals surface area contributed by atoms with Gasteiger partial charge in [0, 0.05) is 13.1 Å². The Morgan fingerprint density at radius 1 is 1.25 bits per heavy atom. The predicted molar refractivity (Wildman–Crippen MR) is 76.7 cm³/mol. The molecule has 1 aliphatic rings. The molecule has 0 radical (unpaired) electrons. The Kier molecular flexibility index (Phi) is 4.15. The monoisotopic (exact) mass is 296 g/mol. The van der Waals surface area contributed by atoms with Crippen molar-refractivity contribution in [1.82, 2.24) is 9.62 Å². The molecule has 1 unspecified atom stereocenters. The highest BCUT2D eigenvalue weighted by molar-refractivity contribution is 7.89. The molecule has 1 amide bonds. The van der Waals surface area contributed by atoms with E-state index in [2.05, 4.69) is 5.32 Å². The lowest BCUT2D eigenvalue weighted by atomic mass is 10.0. The summed E-state index contributed by atoms with van der Waals surface area (Å²) in [7, 11) is -3.63. The molecule has 0 saturated carbocycles. The van der Waals surface area contributed by atoms with Gasteiger partial charge < -0.3 is 5.32 Å². The number of nitrogens with zero attached hydrogens (tertiary/aromatic N) is 1. The molecule has 2 rings (SSSR count). The summed E-state index contributed by atoms with van der Waals surface area (Å²) in [6, 6.07) is 6.07. The van der Waals surface area contributed by atoms with Gasteiger partial charge in [-0.25, -0.2) is 8.42 Å². The maximum Gasteiger partial charge on any atom is 0.243 e. The molecule has 1 fully saturated rings. The summed E-state index contributed by atoms with van der Waals surface area (Å²) in [5, 5.41) is 2.73. The van der Waals surface area contributed by atoms with Crippen molar-refractivity contribution in [2.24, 2.45) is 5.92 Å². The van der Waals surface area contributed by atoms with Crippen LogP contribution in [0.5, 0.6) is 0 Å². The minimum atomic E-state index is -3.63. The van der Waals surface area contributed by atoms with E-state index in [0.717, 1.165) is 5.56 Å². The van der Waals surface area contributed by atoms with Gasteiger partial charge in [-0.2, -0.15) is 4.31 Å². The molecule has 110 valence electrons. The van der Waals surface area contributed by atoms with Gasteiger partial charge >= 0.3 is 0 Å². The van der Waals surface area contributed by atoms with E-state index in [1.165, 1.54) is 4.31 Å². The first-order valence-electron chi connectivity index (χ1n) is 6.70. The third-order valence-electron chi connectivity index (χ3n) is 3.47. The van der Waals surface area contributed by atoms with E-state index in [4.69, 9.17) is 0 Å². The number of nitrogens with one attached hydrogen (secondary N) is 1. The number of rotatable bonds is 3. The third kappa shape index (κ3) is 2.71. The van der Waals surface area contributed by atoms with Crippen LogP contribution in [0.3, 0.4) is 0 Å². The first kappa shape index (κ1) is 15.0. The largest absolute Gasteiger partial charge is 0.353 e. The minimum absolute atomic E-state index is 0.0736. The summed E-state index contributed by atoms with van der Waals surface area (Å²) < 4.78 is 26.7. The maximum absolute atomic E-state index is 12.7. The second-order valence-electron chi connectivity index (χ2n) is 5.41. The second-order valence-corrected chi connectivity index (χ2v) is 7.30. The van der Waals surface area contributed by atoms with Crippen molar-refractivity contribution in [2.75, 3.05) is 13.1 Å². The Balaban J connectivity index is 2.41. The Morgan fingerprint density at radius 3 is 2.40 bits per heavy atom. The highest BCUT2D eigenvalue weighted by Crippen LogP contribution is 2.23. The number of amides is 1. The number of hydrogen-bond donors (Lipinski definition) is 1. The zero-order valence-corrected chi connectivity index (χ0v) is 12.8. The topological polar surface area (TPSA) is 66.5 Å². The highest BCUT2D eigenvalue weighted by Gasteiger charge is 2.39. The number of carbonyl (C=O) groups is 1. The highest BCUT2D eigenvalue weighted by atomic mass is 32.2. The lowest BCUT2D eigenvalue weighted by Crippen LogP contribution is -2.58. The van der Waals surface area contributed by atoms with Crippen LogP contribution in [0.2, 0.25) is 0 Å². The van der Waals surface area contributed by atoms with Crippen molar-refractivity contribution in [1.29, 1.82) is 0 Å². The first-order chi connectivity index (χ1) is 9.34. The van der Waals surface area contributed by atoms with E-state index in [9.17, 15) is 13.2 Å². The van der Waals surface area contributed by atoms with Gasteiger partial charge in [-0.15, -0.1) is 0 Å². The fourth-order valence-corrected chi connectivity index (χ4v) is 4.13. The van der Waals surface area contributed by atoms with E-state index >= 15 is 0 Å². The lowest BCUT2D eigenvalue weighted by Gasteiger charge is -2.36. The second kappa shape index (κ2) is 5.54. The maximum atomic E-state index is 12.7. The fraction of sp³-hybridized carbons (Fsp3) is 0.500. The summed E-state index contributed by atoms with van der Waals surface area (Å²) in [4.78, 5) is 12.2. The van der Waals surface area contributed by atoms with Crippen molar-refractivity contribution >= 4 is 15.9 Å². The van der Waals surface area contributed by atoms with Crippen LogP contribution in [0.15, 0.2) is 29.2 Å². The van der Waals surface area contributed by atoms with Crippen LogP contribution in [-0.2, 0) is 14.8 Å². The normalized spacial score (nSPS) is 21.0. The quantitative estimate of drug-likeness (QED) is 0.909. The zero-order valence-electron chi connectivity index (χ0n) is 12.0. The van der Waals surface area contributed by atoms with Gasteiger partial charge in [0.2, 0.25) is 15.9 Å². The van der Waals surface area contributed by atoms with Crippen LogP contribution in [0.25, 0.3) is 0 Å². The standard InChI is InChI=1S/C14H20N2O3S/c1-10(2)13-14(17)15-8-9-16(13)20(18,19)12-6-4-11(3)5-7-12/h4-7,10,13H,8-9H2,1-3H3,(H,15,17). The molecule has 5 nitrogen and oxygen atoms in total. The Labute approximate surface area is 120 Å². The Bertz CT molecular complexity index is 593. The molecule has 0 aliphatic carbocycles. The molecule has 1 atom stereocenters. The number of aryl methyl sites for hydroxylation is 1. The molecule has 20 heavy (non-hydrogen) atoms. The van der Waals surface area contributed by atoms with Crippen LogP contribution in [0.4, 0.5) is 0 Å². The molecular weight excluding hydrogens is 276 g/mol. The van der Waals surface area contributed by atoms with Crippen molar-refractivity contribution < 1.29 is 13.2 Å². The van der Waals surface area contributed by atoms with Gasteiger partial charge in [-0.05, 0) is 25.0 Å². The van der Waals surface area contributed by atoms with Crippen LogP contribution in [-0.4, -0.2) is 37.8 Å². The molecule has 6 heteroatoms. The summed E-state index contributed by atoms with van der Waals surface area (Å²) in [5.41, 5.74) is 1.00. The third-order valence-corrected chi connectivity index (χ3v) is 5.36. The molecule has 0 aromatic heterocycles. The van der Waals surface area contributed by atoms with Crippen molar-refractivity contribution in [2.45, 2.75) is 31.7 Å². The molecule has 1 saturated heterocycles. The molecule has 0 bridgehead atoms. The average Bonchev–Trinajstić information content (AvgIpc) is 2.38. The van der Waals surface area contributed by atoms with Crippen LogP contribution < -0.4 is 5.32 Å². The van der Waals surface area contributed by atoms with E-state index < -0.39 is 16.1 Å². The Morgan fingerprint density at radius 2 is 1.85 bits per heavy atom. The Hall–Kier alpha value is -1.40. The fourth-order valence-electron chi connectivity index (χ4n) is 2.41. The van der Waals surface area contributed by atoms with Crippen LogP contribution >= 0.6 is 0 Å². The number of hydrogen-bond acceptors (Lipinski definition) is 3. The van der Waals surface area contributed by atoms with Crippen molar-refractivity contribution in [3.8, 4) is 0 Å². The molecule has 1 aromatic rings. The average molecular weight is 296 g/mol. The van der Waals surface area contributed by atoms with Gasteiger partial charge in [-0.3, -0.25) is 4.79 Å². The SMILES string of the molecule is Cc1ccc(S(=O)(=O)N2CCNC(=O)C2C(C)C)cc1. The molecule has 1 aliphatic heterocycles. The smallest absolute Gasteiger partial charge is 0.243 e. The van der Waals surface area contributed by atoms with Gasteiger partial charge in [0.1, 0.15) is 6.04 Å². The molecule has 1 aromatic carbocycles. The van der Waals surface area contributed by atoms with Crippen molar-refractivity contribution in [3.05, 3.63) is 29.8 Å². The zero-order chi connectivity index (χ0) is 14.9. The van der Waals surface area contributed by atoms with Crippen LogP contribution in [0, 0.1) is 12.8 Å². The number of piperazine rings is 1. The molecular formula is C14H20N2O3S. The number of sulfonamides is 1. The van der Waals surface area contributed by atoms with E-state index in [0.29, 0.717) is 13.1 Å². The first-order valence-corrected chi connectivity index (χ1v) is 8.14. The summed E-state index contributed by atoms with van der Waals surface area (Å²) in [6.07, 6.45) is 0. The van der Waals surface area contributed by atoms with Gasteiger partial charge in [0.05, 0.1) is 4.90 Å². The summed E-state index contributed by atoms with van der Waals surface area (Å²) in [5.74, 6) is -0.294. The van der Waals surface area contributed by atoms with Crippen molar-refractivity contribution in [3.63, 3.8) is 0 Å². The molecule has 1 heterocycles. The lowest BCUT2D eigenvalue weighted by molar-refractivity contribution is -0.128. The van der Waals surface area contributed by atoms with E-state index in [1.807, 2.05) is 20.8 Å². The predicted octanol–water partition coefficient (Wildman–Crippen LogP) is 1.14. The summed E-state index contributed by atoms with van der Waals surface area (Å²) >= 11 is 0. The van der Waals surface area contributed by atoms with E-state index in [1.54, 1.807) is 24.3 Å². The van der Waals surface area contributed by atoms with E-state index in [-0.39, 0.29) is 16.7 Å². The number of carbonyl (C=O) groups excluding carboxylic acids is 1. The van der Waals surface area contributed by atoms with Gasteiger partial charge in [-0.1, -0.05) is 31.5 Å². The minimum Gasteiger partial charge on any atom is -0.353 e. The van der Waals surface area contributed by atoms with Gasteiger partial charge in [0.15, 0.2) is 0 Å². The van der Waals surface area contributed by atoms with Gasteiger partial charge in [0.25, 0.3) is 0 Å². The molecule has 1 N–H and O–H groups in total.